The number of halogens is 3. The molecule has 2 fully saturated rings. The van der Waals surface area contributed by atoms with E-state index >= 15 is 0 Å². The number of hydrogen-bond acceptors (Lipinski definition) is 3. The topological polar surface area (TPSA) is 49.8 Å². The quantitative estimate of drug-likeness (QED) is 0.750. The third-order valence-corrected chi connectivity index (χ3v) is 6.07. The van der Waals surface area contributed by atoms with Crippen LogP contribution in [0.15, 0.2) is 24.3 Å². The summed E-state index contributed by atoms with van der Waals surface area (Å²) in [6.07, 6.45) is 0.415. The minimum absolute atomic E-state index is 0.0276. The largest absolute Gasteiger partial charge is 0.481 e. The van der Waals surface area contributed by atoms with Crippen molar-refractivity contribution in [1.29, 1.82) is 0 Å². The van der Waals surface area contributed by atoms with Gasteiger partial charge in [-0.2, -0.15) is 13.2 Å². The van der Waals surface area contributed by atoms with Crippen LogP contribution in [0.2, 0.25) is 0 Å². The zero-order valence-electron chi connectivity index (χ0n) is 16.0. The lowest BCUT2D eigenvalue weighted by Gasteiger charge is -2.40. The van der Waals surface area contributed by atoms with Crippen molar-refractivity contribution >= 4 is 5.97 Å². The second-order valence-electron chi connectivity index (χ2n) is 8.00. The molecular weight excluding hydrogens is 371 g/mol. The Bertz CT molecular complexity index is 641. The van der Waals surface area contributed by atoms with Crippen molar-refractivity contribution in [3.05, 3.63) is 35.4 Å². The summed E-state index contributed by atoms with van der Waals surface area (Å²) >= 11 is 0. The van der Waals surface area contributed by atoms with Crippen molar-refractivity contribution in [2.24, 2.45) is 11.8 Å². The lowest BCUT2D eigenvalue weighted by molar-refractivity contribution is -0.139. The van der Waals surface area contributed by atoms with E-state index in [1.165, 1.54) is 0 Å². The fourth-order valence-electron chi connectivity index (χ4n) is 4.41. The van der Waals surface area contributed by atoms with Crippen molar-refractivity contribution < 1.29 is 27.8 Å². The number of ether oxygens (including phenoxy) is 1. The lowest BCUT2D eigenvalue weighted by atomic mass is 9.84. The summed E-state index contributed by atoms with van der Waals surface area (Å²) in [7, 11) is 0. The molecule has 2 aliphatic rings. The number of alkyl halides is 3. The number of nitrogens with zero attached hydrogens (tertiary/aromatic N) is 1. The number of likely N-dealkylation sites (tertiary alicyclic amines) is 1. The SMILES string of the molecule is O=C(O)CC1CCN(CCC2CCOCC2)C(c2ccc(C(F)(F)F)cc2)C1. The summed E-state index contributed by atoms with van der Waals surface area (Å²) in [4.78, 5) is 13.5. The standard InChI is InChI=1S/C21H28F3NO3/c22-21(23,24)18-3-1-17(2-4-18)19-13-16(14-20(26)27)6-10-25(19)9-5-15-7-11-28-12-8-15/h1-4,15-16,19H,5-14H2,(H,26,27). The smallest absolute Gasteiger partial charge is 0.416 e. The number of rotatable bonds is 6. The molecule has 28 heavy (non-hydrogen) atoms. The van der Waals surface area contributed by atoms with Crippen LogP contribution in [0, 0.1) is 11.8 Å². The highest BCUT2D eigenvalue weighted by molar-refractivity contribution is 5.67. The first kappa shape index (κ1) is 21.1. The molecule has 0 spiro atoms. The highest BCUT2D eigenvalue weighted by Gasteiger charge is 2.33. The molecule has 2 atom stereocenters. The number of carbonyl (C=O) groups is 1. The van der Waals surface area contributed by atoms with Gasteiger partial charge in [0.25, 0.3) is 0 Å². The van der Waals surface area contributed by atoms with Crippen LogP contribution in [0.5, 0.6) is 0 Å². The predicted octanol–water partition coefficient (Wildman–Crippen LogP) is 4.75. The molecule has 0 aromatic heterocycles. The molecule has 1 N–H and O–H groups in total. The molecule has 0 bridgehead atoms. The maximum Gasteiger partial charge on any atom is 0.416 e. The molecule has 4 nitrogen and oxygen atoms in total. The molecule has 2 aliphatic heterocycles. The normalized spacial score (nSPS) is 25.0. The predicted molar refractivity (Wildman–Crippen MR) is 98.9 cm³/mol. The van der Waals surface area contributed by atoms with E-state index in [-0.39, 0.29) is 18.4 Å². The summed E-state index contributed by atoms with van der Waals surface area (Å²) in [5, 5.41) is 9.14. The van der Waals surface area contributed by atoms with Gasteiger partial charge in [-0.15, -0.1) is 0 Å². The minimum atomic E-state index is -4.35. The molecule has 0 aliphatic carbocycles. The molecule has 156 valence electrons. The van der Waals surface area contributed by atoms with Crippen LogP contribution < -0.4 is 0 Å². The number of benzene rings is 1. The third kappa shape index (κ3) is 5.70. The van der Waals surface area contributed by atoms with Gasteiger partial charge in [0.1, 0.15) is 0 Å². The Morgan fingerprint density at radius 3 is 2.39 bits per heavy atom. The Labute approximate surface area is 163 Å². The minimum Gasteiger partial charge on any atom is -0.481 e. The van der Waals surface area contributed by atoms with Gasteiger partial charge >= 0.3 is 12.1 Å². The Hall–Kier alpha value is -1.60. The second kappa shape index (κ2) is 9.27. The van der Waals surface area contributed by atoms with Crippen LogP contribution in [-0.2, 0) is 15.7 Å². The molecule has 1 aromatic carbocycles. The Balaban J connectivity index is 1.70. The van der Waals surface area contributed by atoms with Crippen molar-refractivity contribution in [3.63, 3.8) is 0 Å². The zero-order chi connectivity index (χ0) is 20.1. The molecule has 7 heteroatoms. The average molecular weight is 399 g/mol. The van der Waals surface area contributed by atoms with Crippen LogP contribution in [0.3, 0.4) is 0 Å². The van der Waals surface area contributed by atoms with E-state index in [0.29, 0.717) is 12.3 Å². The fourth-order valence-corrected chi connectivity index (χ4v) is 4.41. The van der Waals surface area contributed by atoms with E-state index in [9.17, 15) is 18.0 Å². The number of carboxylic acid groups (broad SMARTS) is 1. The second-order valence-corrected chi connectivity index (χ2v) is 8.00. The third-order valence-electron chi connectivity index (χ3n) is 6.07. The van der Waals surface area contributed by atoms with Crippen molar-refractivity contribution in [3.8, 4) is 0 Å². The maximum absolute atomic E-state index is 12.9. The highest BCUT2D eigenvalue weighted by atomic mass is 19.4. The first-order chi connectivity index (χ1) is 13.3. The summed E-state index contributed by atoms with van der Waals surface area (Å²) in [6, 6.07) is 5.34. The van der Waals surface area contributed by atoms with E-state index in [1.54, 1.807) is 12.1 Å². The van der Waals surface area contributed by atoms with E-state index in [0.717, 1.165) is 69.7 Å². The monoisotopic (exact) mass is 399 g/mol. The molecule has 0 radical (unpaired) electrons. The number of piperidine rings is 1. The van der Waals surface area contributed by atoms with E-state index in [2.05, 4.69) is 4.90 Å². The number of aliphatic carboxylic acids is 1. The summed E-state index contributed by atoms with van der Waals surface area (Å²) < 4.78 is 44.1. The Kier molecular flexibility index (Phi) is 6.99. The van der Waals surface area contributed by atoms with Gasteiger partial charge in [0.15, 0.2) is 0 Å². The Morgan fingerprint density at radius 1 is 1.11 bits per heavy atom. The van der Waals surface area contributed by atoms with E-state index in [4.69, 9.17) is 9.84 Å². The lowest BCUT2D eigenvalue weighted by Crippen LogP contribution is -2.39. The molecule has 1 aromatic rings. The van der Waals surface area contributed by atoms with E-state index in [1.807, 2.05) is 0 Å². The Morgan fingerprint density at radius 2 is 1.79 bits per heavy atom. The first-order valence-corrected chi connectivity index (χ1v) is 10.0. The summed E-state index contributed by atoms with van der Waals surface area (Å²) in [5.41, 5.74) is 0.193. The maximum atomic E-state index is 12.9. The molecule has 3 rings (SSSR count). The van der Waals surface area contributed by atoms with Gasteiger partial charge in [0.05, 0.1) is 5.56 Å². The van der Waals surface area contributed by atoms with Crippen LogP contribution >= 0.6 is 0 Å². The van der Waals surface area contributed by atoms with Crippen molar-refractivity contribution in [1.82, 2.24) is 4.90 Å². The summed E-state index contributed by atoms with van der Waals surface area (Å²) in [5.74, 6) is -0.130. The van der Waals surface area contributed by atoms with Gasteiger partial charge < -0.3 is 9.84 Å². The zero-order valence-corrected chi connectivity index (χ0v) is 16.0. The molecule has 0 saturated carbocycles. The van der Waals surface area contributed by atoms with Gasteiger partial charge in [0, 0.05) is 25.7 Å². The number of carboxylic acids is 1. The van der Waals surface area contributed by atoms with Gasteiger partial charge in [-0.1, -0.05) is 12.1 Å². The van der Waals surface area contributed by atoms with Crippen molar-refractivity contribution in [2.75, 3.05) is 26.3 Å². The van der Waals surface area contributed by atoms with Crippen LogP contribution in [-0.4, -0.2) is 42.3 Å². The van der Waals surface area contributed by atoms with Crippen LogP contribution in [0.4, 0.5) is 13.2 Å². The first-order valence-electron chi connectivity index (χ1n) is 10.0. The fraction of sp³-hybridized carbons (Fsp3) is 0.667. The van der Waals surface area contributed by atoms with Gasteiger partial charge in [-0.05, 0) is 74.7 Å². The van der Waals surface area contributed by atoms with Crippen LogP contribution in [0.25, 0.3) is 0 Å². The molecule has 2 heterocycles. The van der Waals surface area contributed by atoms with Gasteiger partial charge in [-0.25, -0.2) is 0 Å². The van der Waals surface area contributed by atoms with Gasteiger partial charge in [0.2, 0.25) is 0 Å². The van der Waals surface area contributed by atoms with Gasteiger partial charge in [-0.3, -0.25) is 9.69 Å². The number of hydrogen-bond donors (Lipinski definition) is 1. The molecule has 2 unspecified atom stereocenters. The van der Waals surface area contributed by atoms with E-state index < -0.39 is 17.7 Å². The molecule has 0 amide bonds. The molecule has 2 saturated heterocycles. The summed E-state index contributed by atoms with van der Waals surface area (Å²) in [6.45, 7) is 3.27. The average Bonchev–Trinajstić information content (AvgIpc) is 2.67. The highest BCUT2D eigenvalue weighted by Crippen LogP contribution is 2.38. The van der Waals surface area contributed by atoms with Crippen LogP contribution in [0.1, 0.15) is 55.7 Å². The van der Waals surface area contributed by atoms with Crippen molar-refractivity contribution in [2.45, 2.75) is 50.7 Å². The molecular formula is C21H28F3NO3.